The first kappa shape index (κ1) is 19.6. The summed E-state index contributed by atoms with van der Waals surface area (Å²) in [7, 11) is 0. The monoisotopic (exact) mass is 373 g/mol. The van der Waals surface area contributed by atoms with Crippen LogP contribution >= 0.6 is 0 Å². The lowest BCUT2D eigenvalue weighted by Crippen LogP contribution is -2.31. The van der Waals surface area contributed by atoms with Gasteiger partial charge in [-0.25, -0.2) is 9.97 Å². The highest BCUT2D eigenvalue weighted by atomic mass is 16.5. The summed E-state index contributed by atoms with van der Waals surface area (Å²) < 4.78 is 8.00. The number of hydrogen-bond acceptors (Lipinski definition) is 5. The zero-order chi connectivity index (χ0) is 19.6. The molecule has 0 aliphatic heterocycles. The van der Waals surface area contributed by atoms with Gasteiger partial charge in [-0.05, 0) is 38.2 Å². The van der Waals surface area contributed by atoms with Crippen LogP contribution in [0.15, 0.2) is 0 Å². The molecule has 3 rings (SSSR count). The van der Waals surface area contributed by atoms with E-state index in [-0.39, 0.29) is 11.8 Å². The topological polar surface area (TPSA) is 95.1 Å². The van der Waals surface area contributed by atoms with Crippen LogP contribution in [0.4, 0.5) is 5.82 Å². The number of anilines is 1. The summed E-state index contributed by atoms with van der Waals surface area (Å²) in [5.41, 5.74) is 10.1. The zero-order valence-electron chi connectivity index (χ0n) is 16.8. The van der Waals surface area contributed by atoms with Crippen molar-refractivity contribution in [2.75, 3.05) is 25.5 Å². The molecule has 1 fully saturated rings. The van der Waals surface area contributed by atoms with Gasteiger partial charge in [0.2, 0.25) is 5.91 Å². The van der Waals surface area contributed by atoms with Crippen LogP contribution in [0.25, 0.3) is 11.0 Å². The molecule has 2 heterocycles. The molecule has 2 aromatic rings. The van der Waals surface area contributed by atoms with Crippen molar-refractivity contribution in [3.63, 3.8) is 0 Å². The molecule has 148 valence electrons. The number of carbonyl (C=O) groups excluding carboxylic acids is 1. The Hall–Kier alpha value is -2.15. The van der Waals surface area contributed by atoms with E-state index in [1.54, 1.807) is 0 Å². The Morgan fingerprint density at radius 3 is 2.70 bits per heavy atom. The summed E-state index contributed by atoms with van der Waals surface area (Å²) >= 11 is 0. The fourth-order valence-corrected chi connectivity index (χ4v) is 3.23. The predicted molar refractivity (Wildman–Crippen MR) is 107 cm³/mol. The molecule has 0 saturated heterocycles. The maximum atomic E-state index is 11.6. The second-order valence-corrected chi connectivity index (χ2v) is 7.79. The Balaban J connectivity index is 1.68. The molecule has 1 aliphatic rings. The Morgan fingerprint density at radius 1 is 1.30 bits per heavy atom. The Morgan fingerprint density at radius 2 is 2.04 bits per heavy atom. The number of nitrogens with one attached hydrogen (secondary N) is 1. The number of nitrogen functional groups attached to an aromatic ring is 1. The number of rotatable bonds is 9. The summed E-state index contributed by atoms with van der Waals surface area (Å²) in [6, 6.07) is 0. The minimum atomic E-state index is -0.00224. The van der Waals surface area contributed by atoms with Crippen LogP contribution in [0.5, 0.6) is 0 Å². The average Bonchev–Trinajstić information content (AvgIpc) is 3.36. The number of carbonyl (C=O) groups is 1. The van der Waals surface area contributed by atoms with Crippen LogP contribution < -0.4 is 11.1 Å². The van der Waals surface area contributed by atoms with E-state index in [2.05, 4.69) is 21.8 Å². The maximum absolute atomic E-state index is 11.6. The minimum Gasteiger partial charge on any atom is -0.382 e. The molecule has 1 saturated carbocycles. The van der Waals surface area contributed by atoms with E-state index >= 15 is 0 Å². The van der Waals surface area contributed by atoms with Crippen molar-refractivity contribution in [1.29, 1.82) is 0 Å². The Kier molecular flexibility index (Phi) is 5.99. The summed E-state index contributed by atoms with van der Waals surface area (Å²) in [5, 5.41) is 2.87. The lowest BCUT2D eigenvalue weighted by molar-refractivity contribution is -0.124. The second kappa shape index (κ2) is 8.25. The molecule has 27 heavy (non-hydrogen) atoms. The highest BCUT2D eigenvalue weighted by Gasteiger charge is 2.26. The van der Waals surface area contributed by atoms with E-state index in [0.29, 0.717) is 25.6 Å². The van der Waals surface area contributed by atoms with Crippen molar-refractivity contribution < 1.29 is 9.53 Å². The third-order valence-corrected chi connectivity index (χ3v) is 5.17. The SMILES string of the molecule is Cc1nc(N)c2nc(CC3CC3)n(CCOCCNC(=O)C(C)C)c2c1C. The summed E-state index contributed by atoms with van der Waals surface area (Å²) in [6.45, 7) is 10.2. The summed E-state index contributed by atoms with van der Waals surface area (Å²) in [4.78, 5) is 20.8. The van der Waals surface area contributed by atoms with Gasteiger partial charge in [0.15, 0.2) is 5.82 Å². The van der Waals surface area contributed by atoms with Crippen LogP contribution in [0.3, 0.4) is 0 Å². The highest BCUT2D eigenvalue weighted by molar-refractivity contribution is 5.88. The number of aromatic nitrogens is 3. The van der Waals surface area contributed by atoms with Crippen LogP contribution in [-0.2, 0) is 22.5 Å². The number of nitrogens with two attached hydrogens (primary N) is 1. The lowest BCUT2D eigenvalue weighted by atomic mass is 10.2. The molecule has 0 aromatic carbocycles. The van der Waals surface area contributed by atoms with E-state index in [4.69, 9.17) is 15.5 Å². The first-order chi connectivity index (χ1) is 12.9. The number of hydrogen-bond donors (Lipinski definition) is 2. The maximum Gasteiger partial charge on any atom is 0.222 e. The molecule has 2 aromatic heterocycles. The van der Waals surface area contributed by atoms with Gasteiger partial charge in [0, 0.05) is 31.1 Å². The number of amides is 1. The molecule has 7 heteroatoms. The normalized spacial score (nSPS) is 14.3. The van der Waals surface area contributed by atoms with Crippen molar-refractivity contribution in [2.24, 2.45) is 11.8 Å². The molecule has 1 aliphatic carbocycles. The standard InChI is InChI=1S/C20H31N5O2/c1-12(2)20(26)22-7-9-27-10-8-25-16(11-15-5-6-15)24-17-18(25)13(3)14(4)23-19(17)21/h12,15H,5-11H2,1-4H3,(H2,21,23)(H,22,26). The van der Waals surface area contributed by atoms with Gasteiger partial charge < -0.3 is 20.4 Å². The Bertz CT molecular complexity index is 824. The van der Waals surface area contributed by atoms with Gasteiger partial charge in [0.25, 0.3) is 0 Å². The van der Waals surface area contributed by atoms with Crippen molar-refractivity contribution in [3.05, 3.63) is 17.1 Å². The molecule has 0 unspecified atom stereocenters. The van der Waals surface area contributed by atoms with Gasteiger partial charge in [-0.2, -0.15) is 0 Å². The largest absolute Gasteiger partial charge is 0.382 e. The predicted octanol–water partition coefficient (Wildman–Crippen LogP) is 2.37. The van der Waals surface area contributed by atoms with Crippen molar-refractivity contribution in [1.82, 2.24) is 19.9 Å². The second-order valence-electron chi connectivity index (χ2n) is 7.79. The molecule has 1 amide bonds. The van der Waals surface area contributed by atoms with E-state index < -0.39 is 0 Å². The molecule has 0 spiro atoms. The van der Waals surface area contributed by atoms with E-state index in [1.165, 1.54) is 12.8 Å². The molecule has 0 atom stereocenters. The minimum absolute atomic E-state index is 0.00224. The molecule has 3 N–H and O–H groups in total. The highest BCUT2D eigenvalue weighted by Crippen LogP contribution is 2.34. The lowest BCUT2D eigenvalue weighted by Gasteiger charge is -2.13. The first-order valence-electron chi connectivity index (χ1n) is 9.85. The van der Waals surface area contributed by atoms with Crippen molar-refractivity contribution >= 4 is 22.8 Å². The third-order valence-electron chi connectivity index (χ3n) is 5.17. The van der Waals surface area contributed by atoms with E-state index in [0.717, 1.165) is 47.0 Å². The van der Waals surface area contributed by atoms with Crippen molar-refractivity contribution in [2.45, 2.75) is 53.5 Å². The van der Waals surface area contributed by atoms with Crippen LogP contribution in [0.1, 0.15) is 43.8 Å². The Labute approximate surface area is 160 Å². The van der Waals surface area contributed by atoms with Crippen LogP contribution in [-0.4, -0.2) is 40.2 Å². The number of pyridine rings is 1. The van der Waals surface area contributed by atoms with Gasteiger partial charge in [-0.3, -0.25) is 4.79 Å². The molecule has 7 nitrogen and oxygen atoms in total. The van der Waals surface area contributed by atoms with E-state index in [1.807, 2.05) is 20.8 Å². The van der Waals surface area contributed by atoms with Crippen LogP contribution in [0, 0.1) is 25.7 Å². The quantitative estimate of drug-likeness (QED) is 0.658. The van der Waals surface area contributed by atoms with Gasteiger partial charge in [0.05, 0.1) is 18.7 Å². The third kappa shape index (κ3) is 4.58. The number of imidazole rings is 1. The number of nitrogens with zero attached hydrogens (tertiary/aromatic N) is 3. The first-order valence-corrected chi connectivity index (χ1v) is 9.85. The molecule has 0 radical (unpaired) electrons. The average molecular weight is 374 g/mol. The summed E-state index contributed by atoms with van der Waals surface area (Å²) in [6.07, 6.45) is 3.54. The van der Waals surface area contributed by atoms with E-state index in [9.17, 15) is 4.79 Å². The number of aryl methyl sites for hydroxylation is 2. The fraction of sp³-hybridized carbons (Fsp3) is 0.650. The van der Waals surface area contributed by atoms with Gasteiger partial charge in [-0.1, -0.05) is 13.8 Å². The van der Waals surface area contributed by atoms with Gasteiger partial charge >= 0.3 is 0 Å². The van der Waals surface area contributed by atoms with Gasteiger partial charge in [-0.15, -0.1) is 0 Å². The number of fused-ring (bicyclic) bond motifs is 1. The molecular formula is C20H31N5O2. The van der Waals surface area contributed by atoms with Gasteiger partial charge in [0.1, 0.15) is 11.3 Å². The smallest absolute Gasteiger partial charge is 0.222 e. The van der Waals surface area contributed by atoms with Crippen molar-refractivity contribution in [3.8, 4) is 0 Å². The van der Waals surface area contributed by atoms with Crippen LogP contribution in [0.2, 0.25) is 0 Å². The summed E-state index contributed by atoms with van der Waals surface area (Å²) in [5.74, 6) is 2.37. The fourth-order valence-electron chi connectivity index (χ4n) is 3.23. The molecular weight excluding hydrogens is 342 g/mol. The molecule has 0 bridgehead atoms. The number of ether oxygens (including phenoxy) is 1. The zero-order valence-corrected chi connectivity index (χ0v) is 16.8.